The third-order valence-corrected chi connectivity index (χ3v) is 7.89. The van der Waals surface area contributed by atoms with E-state index < -0.39 is 0 Å². The van der Waals surface area contributed by atoms with Crippen LogP contribution in [0.2, 0.25) is 0 Å². The van der Waals surface area contributed by atoms with E-state index in [-0.39, 0.29) is 6.10 Å². The lowest BCUT2D eigenvalue weighted by atomic mass is 10.0. The van der Waals surface area contributed by atoms with Crippen molar-refractivity contribution in [3.05, 3.63) is 10.8 Å². The molecule has 0 radical (unpaired) electrons. The quantitative estimate of drug-likeness (QED) is 0.146. The van der Waals surface area contributed by atoms with Gasteiger partial charge in [-0.05, 0) is 12.8 Å². The maximum atomic E-state index is 6.00. The number of hydrogen-bond acceptors (Lipinski definition) is 3. The van der Waals surface area contributed by atoms with E-state index in [2.05, 4.69) is 12.3 Å². The second kappa shape index (κ2) is 20.7. The van der Waals surface area contributed by atoms with Crippen molar-refractivity contribution in [1.82, 2.24) is 0 Å². The highest BCUT2D eigenvalue weighted by atomic mass is 32.1. The molecule has 0 spiro atoms. The standard InChI is InChI=1S/C30H54O2S/c1-2-3-4-5-6-7-8-9-10-11-12-13-14-15-16-17-18-19-20-21-22-23-24-28-25-31-29-26-33-27-30(29)32-28/h26-28H,2-25H2,1H3. The minimum absolute atomic E-state index is 0.261. The molecule has 0 fully saturated rings. The van der Waals surface area contributed by atoms with Gasteiger partial charge < -0.3 is 9.47 Å². The van der Waals surface area contributed by atoms with Crippen LogP contribution < -0.4 is 9.47 Å². The van der Waals surface area contributed by atoms with Crippen molar-refractivity contribution in [2.45, 2.75) is 161 Å². The lowest BCUT2D eigenvalue weighted by Crippen LogP contribution is -2.28. The summed E-state index contributed by atoms with van der Waals surface area (Å²) in [6, 6.07) is 0. The molecule has 2 heterocycles. The number of thiophene rings is 1. The molecule has 0 saturated heterocycles. The van der Waals surface area contributed by atoms with Crippen molar-refractivity contribution in [3.8, 4) is 11.5 Å². The number of hydrogen-bond donors (Lipinski definition) is 0. The first-order valence-electron chi connectivity index (χ1n) is 14.8. The van der Waals surface area contributed by atoms with Crippen LogP contribution in [0.4, 0.5) is 0 Å². The molecule has 192 valence electrons. The lowest BCUT2D eigenvalue weighted by Gasteiger charge is -2.24. The average Bonchev–Trinajstić information content (AvgIpc) is 3.30. The van der Waals surface area contributed by atoms with E-state index in [9.17, 15) is 0 Å². The molecule has 0 N–H and O–H groups in total. The highest BCUT2D eigenvalue weighted by Gasteiger charge is 2.20. The molecular weight excluding hydrogens is 424 g/mol. The van der Waals surface area contributed by atoms with Gasteiger partial charge in [-0.25, -0.2) is 0 Å². The van der Waals surface area contributed by atoms with E-state index in [4.69, 9.17) is 9.47 Å². The lowest BCUT2D eigenvalue weighted by molar-refractivity contribution is 0.0842. The van der Waals surface area contributed by atoms with Crippen molar-refractivity contribution < 1.29 is 9.47 Å². The highest BCUT2D eigenvalue weighted by Crippen LogP contribution is 2.36. The molecule has 0 aliphatic carbocycles. The smallest absolute Gasteiger partial charge is 0.172 e. The molecule has 1 aliphatic rings. The molecule has 2 nitrogen and oxygen atoms in total. The normalized spacial score (nSPS) is 15.2. The SMILES string of the molecule is CCCCCCCCCCCCCCCCCCCCCCCCC1COc2cscc2O1. The van der Waals surface area contributed by atoms with E-state index in [1.807, 2.05) is 5.38 Å². The maximum Gasteiger partial charge on any atom is 0.172 e. The number of fused-ring (bicyclic) bond motifs is 1. The molecule has 0 saturated carbocycles. The van der Waals surface area contributed by atoms with E-state index in [0.29, 0.717) is 0 Å². The van der Waals surface area contributed by atoms with Crippen molar-refractivity contribution in [2.75, 3.05) is 6.61 Å². The number of rotatable bonds is 23. The summed E-state index contributed by atoms with van der Waals surface area (Å²) in [6.45, 7) is 3.03. The Kier molecular flexibility index (Phi) is 17.9. The second-order valence-electron chi connectivity index (χ2n) is 10.4. The summed E-state index contributed by atoms with van der Waals surface area (Å²) in [4.78, 5) is 0. The van der Waals surface area contributed by atoms with Crippen LogP contribution >= 0.6 is 11.3 Å². The summed E-state index contributed by atoms with van der Waals surface area (Å²) in [5, 5.41) is 4.09. The minimum Gasteiger partial charge on any atom is -0.485 e. The van der Waals surface area contributed by atoms with E-state index in [1.54, 1.807) is 11.3 Å². The molecule has 1 aromatic heterocycles. The first kappa shape index (κ1) is 28.5. The van der Waals surface area contributed by atoms with Gasteiger partial charge in [-0.1, -0.05) is 142 Å². The third kappa shape index (κ3) is 15.0. The fourth-order valence-electron chi connectivity index (χ4n) is 4.98. The predicted molar refractivity (Wildman–Crippen MR) is 146 cm³/mol. The fourth-order valence-corrected chi connectivity index (χ4v) is 5.66. The van der Waals surface area contributed by atoms with Crippen LogP contribution in [0.3, 0.4) is 0 Å². The van der Waals surface area contributed by atoms with E-state index >= 15 is 0 Å². The molecule has 0 amide bonds. The molecule has 33 heavy (non-hydrogen) atoms. The Labute approximate surface area is 210 Å². The van der Waals surface area contributed by atoms with Gasteiger partial charge in [0, 0.05) is 10.8 Å². The summed E-state index contributed by atoms with van der Waals surface area (Å²) in [5.74, 6) is 1.89. The topological polar surface area (TPSA) is 18.5 Å². The van der Waals surface area contributed by atoms with Crippen LogP contribution in [0.25, 0.3) is 0 Å². The fraction of sp³-hybridized carbons (Fsp3) is 0.867. The zero-order valence-electron chi connectivity index (χ0n) is 21.9. The third-order valence-electron chi connectivity index (χ3n) is 7.19. The first-order valence-corrected chi connectivity index (χ1v) is 15.7. The summed E-state index contributed by atoms with van der Waals surface area (Å²) in [5.41, 5.74) is 0. The summed E-state index contributed by atoms with van der Waals surface area (Å²) in [6.07, 6.45) is 33.1. The summed E-state index contributed by atoms with van der Waals surface area (Å²) in [7, 11) is 0. The molecule has 1 atom stereocenters. The van der Waals surface area contributed by atoms with Crippen LogP contribution in [-0.2, 0) is 0 Å². The van der Waals surface area contributed by atoms with Crippen molar-refractivity contribution >= 4 is 11.3 Å². The van der Waals surface area contributed by atoms with Crippen molar-refractivity contribution in [2.24, 2.45) is 0 Å². The summed E-state index contributed by atoms with van der Waals surface area (Å²) < 4.78 is 11.8. The van der Waals surface area contributed by atoms with Gasteiger partial charge in [0.05, 0.1) is 0 Å². The van der Waals surface area contributed by atoms with Crippen LogP contribution in [-0.4, -0.2) is 12.7 Å². The van der Waals surface area contributed by atoms with Crippen LogP contribution in [0.5, 0.6) is 11.5 Å². The van der Waals surface area contributed by atoms with Crippen LogP contribution in [0, 0.1) is 0 Å². The Morgan fingerprint density at radius 3 is 1.42 bits per heavy atom. The molecule has 0 aromatic carbocycles. The molecule has 1 unspecified atom stereocenters. The molecule has 0 bridgehead atoms. The zero-order valence-corrected chi connectivity index (χ0v) is 22.7. The molecule has 1 aliphatic heterocycles. The minimum atomic E-state index is 0.261. The average molecular weight is 479 g/mol. The van der Waals surface area contributed by atoms with Gasteiger partial charge >= 0.3 is 0 Å². The first-order chi connectivity index (χ1) is 16.4. The van der Waals surface area contributed by atoms with Gasteiger partial charge in [0.1, 0.15) is 12.7 Å². The van der Waals surface area contributed by atoms with Gasteiger partial charge in [0.25, 0.3) is 0 Å². The number of ether oxygens (including phenoxy) is 2. The van der Waals surface area contributed by atoms with Gasteiger partial charge in [-0.3, -0.25) is 0 Å². The largest absolute Gasteiger partial charge is 0.485 e. The van der Waals surface area contributed by atoms with E-state index in [0.717, 1.165) is 24.5 Å². The van der Waals surface area contributed by atoms with E-state index in [1.165, 1.54) is 141 Å². The predicted octanol–water partition coefficient (Wildman–Crippen LogP) is 10.9. The maximum absolute atomic E-state index is 6.00. The van der Waals surface area contributed by atoms with Gasteiger partial charge in [0.15, 0.2) is 11.5 Å². The Hall–Kier alpha value is -0.700. The Morgan fingerprint density at radius 1 is 0.576 bits per heavy atom. The Morgan fingerprint density at radius 2 is 0.970 bits per heavy atom. The van der Waals surface area contributed by atoms with Gasteiger partial charge in [-0.2, -0.15) is 0 Å². The molecule has 1 aromatic rings. The summed E-state index contributed by atoms with van der Waals surface area (Å²) >= 11 is 1.66. The van der Waals surface area contributed by atoms with Crippen LogP contribution in [0.15, 0.2) is 10.8 Å². The van der Waals surface area contributed by atoms with Crippen molar-refractivity contribution in [1.29, 1.82) is 0 Å². The van der Waals surface area contributed by atoms with Crippen molar-refractivity contribution in [3.63, 3.8) is 0 Å². The molecular formula is C30H54O2S. The van der Waals surface area contributed by atoms with Gasteiger partial charge in [-0.15, -0.1) is 11.3 Å². The second-order valence-corrected chi connectivity index (χ2v) is 11.1. The zero-order chi connectivity index (χ0) is 23.2. The molecule has 3 heteroatoms. The van der Waals surface area contributed by atoms with Gasteiger partial charge in [0.2, 0.25) is 0 Å². The monoisotopic (exact) mass is 478 g/mol. The Balaban J connectivity index is 1.20. The Bertz CT molecular complexity index is 541. The van der Waals surface area contributed by atoms with Crippen LogP contribution in [0.1, 0.15) is 155 Å². The molecule has 2 rings (SSSR count). The number of unbranched alkanes of at least 4 members (excludes halogenated alkanes) is 21. The highest BCUT2D eigenvalue weighted by molar-refractivity contribution is 7.08.